The highest BCUT2D eigenvalue weighted by Crippen LogP contribution is 2.13. The van der Waals surface area contributed by atoms with Crippen LogP contribution in [0.2, 0.25) is 5.02 Å². The highest BCUT2D eigenvalue weighted by atomic mass is 35.5. The zero-order valence-electron chi connectivity index (χ0n) is 15.4. The number of carbonyl (C=O) groups is 2. The van der Waals surface area contributed by atoms with Crippen LogP contribution in [0.5, 0.6) is 0 Å². The summed E-state index contributed by atoms with van der Waals surface area (Å²) in [4.78, 5) is 40.7. The molecule has 0 aliphatic heterocycles. The summed E-state index contributed by atoms with van der Waals surface area (Å²) >= 11 is 6.99. The predicted octanol–water partition coefficient (Wildman–Crippen LogP) is 1.81. The highest BCUT2D eigenvalue weighted by Gasteiger charge is 2.12. The number of fused-ring (bicyclic) bond motifs is 1. The van der Waals surface area contributed by atoms with Gasteiger partial charge in [0, 0.05) is 23.3 Å². The van der Waals surface area contributed by atoms with Crippen LogP contribution in [0, 0.1) is 0 Å². The van der Waals surface area contributed by atoms with Crippen LogP contribution in [0.25, 0.3) is 4.96 Å². The molecule has 29 heavy (non-hydrogen) atoms. The number of rotatable bonds is 8. The molecule has 0 spiro atoms. The third-order valence-corrected chi connectivity index (χ3v) is 4.78. The fraction of sp³-hybridized carbons (Fsp3) is 0.278. The molecular weight excluding hydrogens is 420 g/mol. The molecule has 152 valence electrons. The normalized spacial score (nSPS) is 10.8. The number of benzene rings is 1. The Morgan fingerprint density at radius 3 is 2.72 bits per heavy atom. The first-order valence-electron chi connectivity index (χ1n) is 8.62. The van der Waals surface area contributed by atoms with Crippen molar-refractivity contribution in [1.29, 1.82) is 0 Å². The van der Waals surface area contributed by atoms with Crippen molar-refractivity contribution in [1.82, 2.24) is 19.9 Å². The first-order valence-corrected chi connectivity index (χ1v) is 9.81. The summed E-state index contributed by atoms with van der Waals surface area (Å²) in [5.41, 5.74) is 0.283. The molecule has 0 saturated carbocycles. The second kappa shape index (κ2) is 9.59. The Morgan fingerprint density at radius 1 is 1.24 bits per heavy atom. The van der Waals surface area contributed by atoms with Crippen molar-refractivity contribution in [2.45, 2.75) is 20.1 Å². The van der Waals surface area contributed by atoms with Crippen molar-refractivity contribution >= 4 is 39.8 Å². The molecule has 1 amide bonds. The number of nitrogens with one attached hydrogen (secondary N) is 1. The Kier molecular flexibility index (Phi) is 6.91. The molecule has 0 fully saturated rings. The number of carbonyl (C=O) groups excluding carboxylic acids is 2. The van der Waals surface area contributed by atoms with Crippen LogP contribution < -0.4 is 10.9 Å². The van der Waals surface area contributed by atoms with Gasteiger partial charge in [0.05, 0.1) is 5.69 Å². The van der Waals surface area contributed by atoms with Gasteiger partial charge in [-0.3, -0.25) is 14.4 Å². The van der Waals surface area contributed by atoms with E-state index in [4.69, 9.17) is 21.1 Å². The second-order valence-electron chi connectivity index (χ2n) is 5.76. The molecule has 0 bridgehead atoms. The van der Waals surface area contributed by atoms with Crippen LogP contribution in [0.1, 0.15) is 28.0 Å². The summed E-state index contributed by atoms with van der Waals surface area (Å²) in [6.07, 6.45) is 0. The maximum absolute atomic E-state index is 12.1. The molecule has 0 radical (unpaired) electrons. The van der Waals surface area contributed by atoms with E-state index in [1.165, 1.54) is 21.9 Å². The molecule has 11 heteroatoms. The largest absolute Gasteiger partial charge is 0.458 e. The van der Waals surface area contributed by atoms with Gasteiger partial charge < -0.3 is 14.8 Å². The summed E-state index contributed by atoms with van der Waals surface area (Å²) in [5, 5.41) is 7.72. The van der Waals surface area contributed by atoms with Gasteiger partial charge in [-0.2, -0.15) is 9.61 Å². The van der Waals surface area contributed by atoms with Gasteiger partial charge >= 0.3 is 5.97 Å². The molecule has 0 atom stereocenters. The molecule has 0 saturated heterocycles. The monoisotopic (exact) mass is 436 g/mol. The minimum atomic E-state index is -0.657. The van der Waals surface area contributed by atoms with Crippen molar-refractivity contribution in [2.24, 2.45) is 0 Å². The molecular formula is C18H17ClN4O5S. The molecule has 3 aromatic rings. The molecule has 0 unspecified atom stereocenters. The van der Waals surface area contributed by atoms with E-state index in [9.17, 15) is 14.4 Å². The fourth-order valence-corrected chi connectivity index (χ4v) is 3.26. The van der Waals surface area contributed by atoms with Crippen molar-refractivity contribution in [2.75, 3.05) is 13.2 Å². The van der Waals surface area contributed by atoms with Gasteiger partial charge in [-0.25, -0.2) is 4.98 Å². The van der Waals surface area contributed by atoms with Gasteiger partial charge in [0.15, 0.2) is 0 Å². The Hall–Kier alpha value is -2.82. The Balaban J connectivity index is 1.55. The molecule has 0 aliphatic carbocycles. The molecule has 2 aromatic heterocycles. The molecule has 3 rings (SSSR count). The minimum Gasteiger partial charge on any atom is -0.458 e. The Bertz CT molecular complexity index is 1080. The Morgan fingerprint density at radius 2 is 2.00 bits per heavy atom. The Labute approximate surface area is 174 Å². The van der Waals surface area contributed by atoms with Crippen molar-refractivity contribution < 1.29 is 19.1 Å². The fourth-order valence-electron chi connectivity index (χ4n) is 2.28. The number of halogens is 1. The van der Waals surface area contributed by atoms with Gasteiger partial charge in [-0.1, -0.05) is 22.9 Å². The maximum Gasteiger partial charge on any atom is 0.325 e. The van der Waals surface area contributed by atoms with E-state index in [-0.39, 0.29) is 18.7 Å². The average Bonchev–Trinajstić information content (AvgIpc) is 3.13. The zero-order chi connectivity index (χ0) is 20.8. The van der Waals surface area contributed by atoms with Crippen molar-refractivity contribution in [3.8, 4) is 0 Å². The summed E-state index contributed by atoms with van der Waals surface area (Å²) in [6.45, 7) is 2.18. The van der Waals surface area contributed by atoms with Crippen molar-refractivity contribution in [3.05, 3.63) is 62.0 Å². The van der Waals surface area contributed by atoms with Crippen LogP contribution in [0.3, 0.4) is 0 Å². The summed E-state index contributed by atoms with van der Waals surface area (Å²) in [7, 11) is 0. The molecule has 0 aliphatic rings. The lowest BCUT2D eigenvalue weighted by Crippen LogP contribution is -2.30. The lowest BCUT2D eigenvalue weighted by Gasteiger charge is -2.06. The standard InChI is InChI=1S/C18H17ClN4O5S/c1-2-27-10-14-22-23-15(24)7-13(21-18(23)29-14)9-28-16(25)8-20-17(26)11-3-5-12(19)6-4-11/h3-7H,2,8-10H2,1H3,(H,20,26). The van der Waals surface area contributed by atoms with E-state index in [2.05, 4.69) is 15.4 Å². The minimum absolute atomic E-state index is 0.194. The second-order valence-corrected chi connectivity index (χ2v) is 7.24. The van der Waals surface area contributed by atoms with Gasteiger partial charge in [0.1, 0.15) is 24.8 Å². The predicted molar refractivity (Wildman–Crippen MR) is 106 cm³/mol. The van der Waals surface area contributed by atoms with Crippen LogP contribution >= 0.6 is 22.9 Å². The zero-order valence-corrected chi connectivity index (χ0v) is 17.0. The highest BCUT2D eigenvalue weighted by molar-refractivity contribution is 7.16. The third-order valence-electron chi connectivity index (χ3n) is 3.65. The smallest absolute Gasteiger partial charge is 0.325 e. The van der Waals surface area contributed by atoms with Crippen molar-refractivity contribution in [3.63, 3.8) is 0 Å². The van der Waals surface area contributed by atoms with Gasteiger partial charge in [0.25, 0.3) is 11.5 Å². The van der Waals surface area contributed by atoms with E-state index >= 15 is 0 Å². The van der Waals surface area contributed by atoms with Gasteiger partial charge in [-0.15, -0.1) is 0 Å². The summed E-state index contributed by atoms with van der Waals surface area (Å²) in [6, 6.07) is 7.49. The quantitative estimate of drug-likeness (QED) is 0.536. The topological polar surface area (TPSA) is 112 Å². The first kappa shape index (κ1) is 20.9. The van der Waals surface area contributed by atoms with Gasteiger partial charge in [-0.05, 0) is 31.2 Å². The van der Waals surface area contributed by atoms with Crippen LogP contribution in [0.4, 0.5) is 0 Å². The van der Waals surface area contributed by atoms with Crippen LogP contribution in [-0.2, 0) is 27.5 Å². The number of hydrogen-bond acceptors (Lipinski definition) is 8. The molecule has 2 heterocycles. The first-order chi connectivity index (χ1) is 14.0. The molecule has 1 N–H and O–H groups in total. The molecule has 9 nitrogen and oxygen atoms in total. The van der Waals surface area contributed by atoms with E-state index in [1.54, 1.807) is 24.3 Å². The number of ether oxygens (including phenoxy) is 2. The number of hydrogen-bond donors (Lipinski definition) is 1. The van der Waals surface area contributed by atoms with E-state index in [0.717, 1.165) is 0 Å². The maximum atomic E-state index is 12.1. The number of aromatic nitrogens is 3. The number of esters is 1. The lowest BCUT2D eigenvalue weighted by atomic mass is 10.2. The van der Waals surface area contributed by atoms with Crippen LogP contribution in [-0.4, -0.2) is 39.6 Å². The van der Waals surface area contributed by atoms with E-state index in [0.29, 0.717) is 39.5 Å². The number of amides is 1. The van der Waals surface area contributed by atoms with E-state index < -0.39 is 11.9 Å². The van der Waals surface area contributed by atoms with Crippen LogP contribution in [0.15, 0.2) is 35.1 Å². The number of nitrogens with zero attached hydrogens (tertiary/aromatic N) is 3. The SMILES string of the molecule is CCOCc1nn2c(=O)cc(COC(=O)CNC(=O)c3ccc(Cl)cc3)nc2s1. The lowest BCUT2D eigenvalue weighted by molar-refractivity contribution is -0.143. The molecule has 1 aromatic carbocycles. The van der Waals surface area contributed by atoms with E-state index in [1.807, 2.05) is 6.92 Å². The summed E-state index contributed by atoms with van der Waals surface area (Å²) in [5.74, 6) is -1.08. The third kappa shape index (κ3) is 5.59. The summed E-state index contributed by atoms with van der Waals surface area (Å²) < 4.78 is 11.5. The van der Waals surface area contributed by atoms with Gasteiger partial charge in [0.2, 0.25) is 4.96 Å². The average molecular weight is 437 g/mol.